The topological polar surface area (TPSA) is 73.9 Å². The molecule has 0 atom stereocenters. The predicted molar refractivity (Wildman–Crippen MR) is 122 cm³/mol. The highest BCUT2D eigenvalue weighted by atomic mass is 16.5. The number of hydrogen-bond donors (Lipinski definition) is 2. The molecule has 0 unspecified atom stereocenters. The van der Waals surface area contributed by atoms with Crippen LogP contribution in [0.2, 0.25) is 0 Å². The number of hydrogen-bond acceptors (Lipinski definition) is 5. The molecular weight excluding hydrogens is 380 g/mol. The van der Waals surface area contributed by atoms with E-state index in [0.717, 1.165) is 25.3 Å². The van der Waals surface area contributed by atoms with Crippen molar-refractivity contribution in [3.63, 3.8) is 0 Å². The summed E-state index contributed by atoms with van der Waals surface area (Å²) in [5.74, 6) is 0.0338. The number of carbonyl (C=O) groups is 2. The second-order valence-corrected chi connectivity index (χ2v) is 7.06. The third-order valence-electron chi connectivity index (χ3n) is 4.94. The van der Waals surface area contributed by atoms with Crippen molar-refractivity contribution in [3.05, 3.63) is 53.6 Å². The second kappa shape index (κ2) is 11.2. The molecule has 2 rings (SSSR count). The fraction of sp³-hybridized carbons (Fsp3) is 0.391. The quantitative estimate of drug-likeness (QED) is 0.627. The summed E-state index contributed by atoms with van der Waals surface area (Å²) in [5, 5.41) is 5.85. The van der Waals surface area contributed by atoms with Crippen molar-refractivity contribution >= 4 is 23.2 Å². The first-order chi connectivity index (χ1) is 14.4. The van der Waals surface area contributed by atoms with Crippen molar-refractivity contribution < 1.29 is 14.3 Å². The maximum atomic E-state index is 12.8. The SMILES string of the molecule is CCN(CC)CCNC(=O)c1cc(NC(=O)c2ccccc2OC)ccc1N(C)C. The van der Waals surface area contributed by atoms with E-state index in [1.54, 1.807) is 30.3 Å². The Labute approximate surface area is 179 Å². The summed E-state index contributed by atoms with van der Waals surface area (Å²) in [6.45, 7) is 7.44. The molecule has 7 heteroatoms. The van der Waals surface area contributed by atoms with Crippen LogP contribution in [0.3, 0.4) is 0 Å². The fourth-order valence-electron chi connectivity index (χ4n) is 3.18. The average Bonchev–Trinajstić information content (AvgIpc) is 2.76. The van der Waals surface area contributed by atoms with Crippen molar-refractivity contribution in [3.8, 4) is 5.75 Å². The van der Waals surface area contributed by atoms with Crippen LogP contribution in [0.1, 0.15) is 34.6 Å². The lowest BCUT2D eigenvalue weighted by molar-refractivity contribution is 0.0948. The summed E-state index contributed by atoms with van der Waals surface area (Å²) in [6.07, 6.45) is 0. The third kappa shape index (κ3) is 5.97. The Balaban J connectivity index is 2.19. The Morgan fingerprint density at radius 1 is 0.967 bits per heavy atom. The van der Waals surface area contributed by atoms with Crippen LogP contribution in [0, 0.1) is 0 Å². The molecule has 0 bridgehead atoms. The van der Waals surface area contributed by atoms with Crippen LogP contribution in [0.25, 0.3) is 0 Å². The fourth-order valence-corrected chi connectivity index (χ4v) is 3.18. The number of likely N-dealkylation sites (N-methyl/N-ethyl adjacent to an activating group) is 1. The molecule has 2 aromatic rings. The third-order valence-corrected chi connectivity index (χ3v) is 4.94. The van der Waals surface area contributed by atoms with Crippen LogP contribution in [0.15, 0.2) is 42.5 Å². The Bertz CT molecular complexity index is 863. The zero-order valence-electron chi connectivity index (χ0n) is 18.5. The van der Waals surface area contributed by atoms with Crippen LogP contribution in [-0.2, 0) is 0 Å². The highest BCUT2D eigenvalue weighted by molar-refractivity contribution is 6.07. The largest absolute Gasteiger partial charge is 0.496 e. The highest BCUT2D eigenvalue weighted by Crippen LogP contribution is 2.24. The number of benzene rings is 2. The zero-order valence-corrected chi connectivity index (χ0v) is 18.5. The summed E-state index contributed by atoms with van der Waals surface area (Å²) in [7, 11) is 5.29. The normalized spacial score (nSPS) is 10.6. The van der Waals surface area contributed by atoms with E-state index in [0.29, 0.717) is 29.1 Å². The van der Waals surface area contributed by atoms with E-state index < -0.39 is 0 Å². The molecule has 0 aromatic heterocycles. The highest BCUT2D eigenvalue weighted by Gasteiger charge is 2.16. The molecule has 162 valence electrons. The van der Waals surface area contributed by atoms with Gasteiger partial charge in [-0.15, -0.1) is 0 Å². The summed E-state index contributed by atoms with van der Waals surface area (Å²) in [5.41, 5.74) is 2.27. The van der Waals surface area contributed by atoms with Crippen molar-refractivity contribution in [2.45, 2.75) is 13.8 Å². The number of nitrogens with one attached hydrogen (secondary N) is 2. The van der Waals surface area contributed by atoms with Gasteiger partial charge in [0.15, 0.2) is 0 Å². The van der Waals surface area contributed by atoms with Crippen LogP contribution in [0.5, 0.6) is 5.75 Å². The summed E-state index contributed by atoms with van der Waals surface area (Å²) in [6, 6.07) is 12.3. The molecule has 2 aromatic carbocycles. The molecule has 0 heterocycles. The van der Waals surface area contributed by atoms with Crippen LogP contribution < -0.4 is 20.3 Å². The maximum absolute atomic E-state index is 12.8. The van der Waals surface area contributed by atoms with E-state index in [1.807, 2.05) is 31.1 Å². The Morgan fingerprint density at radius 3 is 2.30 bits per heavy atom. The first kappa shape index (κ1) is 23.2. The van der Waals surface area contributed by atoms with E-state index in [2.05, 4.69) is 29.4 Å². The Hall–Kier alpha value is -3.06. The molecular formula is C23H32N4O3. The number of nitrogens with zero attached hydrogens (tertiary/aromatic N) is 2. The van der Waals surface area contributed by atoms with Gasteiger partial charge in [-0.1, -0.05) is 26.0 Å². The van der Waals surface area contributed by atoms with Crippen molar-refractivity contribution in [1.29, 1.82) is 0 Å². The number of anilines is 2. The van der Waals surface area contributed by atoms with Gasteiger partial charge in [0, 0.05) is 38.6 Å². The first-order valence-corrected chi connectivity index (χ1v) is 10.2. The maximum Gasteiger partial charge on any atom is 0.259 e. The first-order valence-electron chi connectivity index (χ1n) is 10.2. The standard InChI is InChI=1S/C23H32N4O3/c1-6-27(7-2)15-14-24-22(28)19-16-17(12-13-20(19)26(3)4)25-23(29)18-10-8-9-11-21(18)30-5/h8-13,16H,6-7,14-15H2,1-5H3,(H,24,28)(H,25,29). The molecule has 0 aliphatic heterocycles. The van der Waals surface area contributed by atoms with Gasteiger partial charge in [0.05, 0.1) is 18.2 Å². The van der Waals surface area contributed by atoms with Crippen LogP contribution in [0.4, 0.5) is 11.4 Å². The summed E-state index contributed by atoms with van der Waals surface area (Å²) < 4.78 is 5.26. The predicted octanol–water partition coefficient (Wildman–Crippen LogP) is 3.09. The van der Waals surface area contributed by atoms with Gasteiger partial charge in [-0.05, 0) is 43.4 Å². The minimum Gasteiger partial charge on any atom is -0.496 e. The van der Waals surface area contributed by atoms with Gasteiger partial charge in [0.2, 0.25) is 0 Å². The molecule has 0 aliphatic rings. The molecule has 0 saturated carbocycles. The second-order valence-electron chi connectivity index (χ2n) is 7.06. The number of methoxy groups -OCH3 is 1. The van der Waals surface area contributed by atoms with E-state index in [9.17, 15) is 9.59 Å². The lowest BCUT2D eigenvalue weighted by atomic mass is 10.1. The minimum atomic E-state index is -0.294. The van der Waals surface area contributed by atoms with Gasteiger partial charge >= 0.3 is 0 Å². The van der Waals surface area contributed by atoms with E-state index in [-0.39, 0.29) is 11.8 Å². The van der Waals surface area contributed by atoms with Gasteiger partial charge in [0.25, 0.3) is 11.8 Å². The Kier molecular flexibility index (Phi) is 8.68. The molecule has 2 amide bonds. The Morgan fingerprint density at radius 2 is 1.67 bits per heavy atom. The molecule has 2 N–H and O–H groups in total. The zero-order chi connectivity index (χ0) is 22.1. The number of carbonyl (C=O) groups excluding carboxylic acids is 2. The summed E-state index contributed by atoms with van der Waals surface area (Å²) >= 11 is 0. The lowest BCUT2D eigenvalue weighted by Crippen LogP contribution is -2.35. The monoisotopic (exact) mass is 412 g/mol. The molecule has 0 spiro atoms. The van der Waals surface area contributed by atoms with Gasteiger partial charge in [-0.2, -0.15) is 0 Å². The van der Waals surface area contributed by atoms with Crippen LogP contribution >= 0.6 is 0 Å². The number of amides is 2. The van der Waals surface area contributed by atoms with E-state index in [4.69, 9.17) is 4.74 Å². The van der Waals surface area contributed by atoms with Crippen molar-refractivity contribution in [1.82, 2.24) is 10.2 Å². The van der Waals surface area contributed by atoms with Crippen LogP contribution in [-0.4, -0.2) is 64.1 Å². The lowest BCUT2D eigenvalue weighted by Gasteiger charge is -2.20. The molecule has 0 fully saturated rings. The molecule has 30 heavy (non-hydrogen) atoms. The van der Waals surface area contributed by atoms with Gasteiger partial charge < -0.3 is 25.2 Å². The average molecular weight is 413 g/mol. The summed E-state index contributed by atoms with van der Waals surface area (Å²) in [4.78, 5) is 29.7. The van der Waals surface area contributed by atoms with Crippen molar-refractivity contribution in [2.75, 3.05) is 57.6 Å². The van der Waals surface area contributed by atoms with E-state index >= 15 is 0 Å². The minimum absolute atomic E-state index is 0.167. The van der Waals surface area contributed by atoms with E-state index in [1.165, 1.54) is 7.11 Å². The molecule has 7 nitrogen and oxygen atoms in total. The number of para-hydroxylation sites is 1. The number of rotatable bonds is 10. The molecule has 0 aliphatic carbocycles. The van der Waals surface area contributed by atoms with Gasteiger partial charge in [-0.3, -0.25) is 9.59 Å². The smallest absolute Gasteiger partial charge is 0.259 e. The van der Waals surface area contributed by atoms with Gasteiger partial charge in [0.1, 0.15) is 5.75 Å². The molecule has 0 saturated heterocycles. The molecule has 0 radical (unpaired) electrons. The van der Waals surface area contributed by atoms with Crippen molar-refractivity contribution in [2.24, 2.45) is 0 Å². The number of ether oxygens (including phenoxy) is 1. The van der Waals surface area contributed by atoms with Gasteiger partial charge in [-0.25, -0.2) is 0 Å².